The molecule has 1 fully saturated rings. The minimum Gasteiger partial charge on any atom is -0.490 e. The molecule has 2 aliphatic rings. The van der Waals surface area contributed by atoms with Crippen molar-refractivity contribution < 1.29 is 14.3 Å². The highest BCUT2D eigenvalue weighted by Gasteiger charge is 2.39. The molecule has 1 aromatic carbocycles. The monoisotopic (exact) mass is 357 g/mol. The normalized spacial score (nSPS) is 22.8. The molecule has 4 heteroatoms. The van der Waals surface area contributed by atoms with Crippen molar-refractivity contribution in [1.82, 2.24) is 4.90 Å². The third-order valence-electron chi connectivity index (χ3n) is 4.84. The van der Waals surface area contributed by atoms with Crippen LogP contribution in [0.4, 0.5) is 4.79 Å². The van der Waals surface area contributed by atoms with E-state index in [1.54, 1.807) is 0 Å². The fourth-order valence-electron chi connectivity index (χ4n) is 3.92. The summed E-state index contributed by atoms with van der Waals surface area (Å²) in [6, 6.07) is 8.54. The van der Waals surface area contributed by atoms with Crippen LogP contribution in [0, 0.1) is 0 Å². The lowest BCUT2D eigenvalue weighted by atomic mass is 9.83. The predicted octanol–water partition coefficient (Wildman–Crippen LogP) is 5.42. The van der Waals surface area contributed by atoms with E-state index in [-0.39, 0.29) is 24.3 Å². The molecule has 2 heterocycles. The van der Waals surface area contributed by atoms with Gasteiger partial charge >= 0.3 is 6.09 Å². The van der Waals surface area contributed by atoms with E-state index in [4.69, 9.17) is 9.47 Å². The van der Waals surface area contributed by atoms with Crippen molar-refractivity contribution in [2.75, 3.05) is 0 Å². The van der Waals surface area contributed by atoms with Gasteiger partial charge in [-0.2, -0.15) is 0 Å². The Balaban J connectivity index is 1.88. The first-order valence-electron chi connectivity index (χ1n) is 9.72. The molecule has 1 saturated heterocycles. The molecule has 3 rings (SSSR count). The van der Waals surface area contributed by atoms with E-state index in [1.165, 1.54) is 5.57 Å². The molecule has 0 saturated carbocycles. The number of para-hydroxylation sites is 1. The van der Waals surface area contributed by atoms with Gasteiger partial charge in [0.05, 0.1) is 12.1 Å². The number of nitrogens with zero attached hydrogens (tertiary/aromatic N) is 1. The van der Waals surface area contributed by atoms with Crippen molar-refractivity contribution in [3.8, 4) is 5.75 Å². The minimum atomic E-state index is -0.465. The average Bonchev–Trinajstić information content (AvgIpc) is 2.52. The first-order valence-corrected chi connectivity index (χ1v) is 9.72. The number of amides is 1. The molecule has 0 aliphatic carbocycles. The summed E-state index contributed by atoms with van der Waals surface area (Å²) < 4.78 is 11.7. The van der Waals surface area contributed by atoms with Crippen LogP contribution in [0.3, 0.4) is 0 Å². The zero-order valence-electron chi connectivity index (χ0n) is 16.6. The van der Waals surface area contributed by atoms with Gasteiger partial charge in [0.15, 0.2) is 0 Å². The number of carbonyl (C=O) groups excluding carboxylic acids is 1. The van der Waals surface area contributed by atoms with E-state index in [9.17, 15) is 4.79 Å². The molecule has 26 heavy (non-hydrogen) atoms. The van der Waals surface area contributed by atoms with Crippen LogP contribution in [-0.2, 0) is 4.74 Å². The van der Waals surface area contributed by atoms with Crippen LogP contribution in [-0.4, -0.2) is 34.8 Å². The molecule has 2 aliphatic heterocycles. The van der Waals surface area contributed by atoms with Crippen molar-refractivity contribution in [3.63, 3.8) is 0 Å². The van der Waals surface area contributed by atoms with E-state index in [0.717, 1.165) is 37.0 Å². The van der Waals surface area contributed by atoms with Crippen molar-refractivity contribution in [2.45, 2.75) is 84.1 Å². The smallest absolute Gasteiger partial charge is 0.411 e. The van der Waals surface area contributed by atoms with E-state index >= 15 is 0 Å². The molecule has 0 aromatic heterocycles. The molecule has 0 spiro atoms. The van der Waals surface area contributed by atoms with Crippen LogP contribution < -0.4 is 4.74 Å². The molecular weight excluding hydrogens is 326 g/mol. The van der Waals surface area contributed by atoms with Gasteiger partial charge in [-0.1, -0.05) is 24.3 Å². The molecule has 0 radical (unpaired) electrons. The van der Waals surface area contributed by atoms with Gasteiger partial charge in [-0.3, -0.25) is 4.90 Å². The maximum Gasteiger partial charge on any atom is 0.411 e. The highest BCUT2D eigenvalue weighted by atomic mass is 16.6. The van der Waals surface area contributed by atoms with Crippen LogP contribution >= 0.6 is 0 Å². The summed E-state index contributed by atoms with van der Waals surface area (Å²) in [5, 5.41) is 0. The number of ether oxygens (including phenoxy) is 2. The average molecular weight is 357 g/mol. The molecule has 1 amide bonds. The third-order valence-corrected chi connectivity index (χ3v) is 4.84. The van der Waals surface area contributed by atoms with E-state index in [1.807, 2.05) is 51.7 Å². The Morgan fingerprint density at radius 3 is 2.58 bits per heavy atom. The Kier molecular flexibility index (Phi) is 5.31. The Morgan fingerprint density at radius 1 is 1.19 bits per heavy atom. The summed E-state index contributed by atoms with van der Waals surface area (Å²) in [7, 11) is 0. The van der Waals surface area contributed by atoms with Crippen LogP contribution in [0.15, 0.2) is 30.3 Å². The van der Waals surface area contributed by atoms with Gasteiger partial charge in [-0.15, -0.1) is 0 Å². The molecule has 142 valence electrons. The largest absolute Gasteiger partial charge is 0.490 e. The van der Waals surface area contributed by atoms with E-state index < -0.39 is 5.60 Å². The fourth-order valence-corrected chi connectivity index (χ4v) is 3.92. The number of benzene rings is 1. The molecule has 0 N–H and O–H groups in total. The Morgan fingerprint density at radius 2 is 1.92 bits per heavy atom. The zero-order valence-corrected chi connectivity index (χ0v) is 16.6. The molecule has 2 atom stereocenters. The van der Waals surface area contributed by atoms with Gasteiger partial charge in [0, 0.05) is 11.6 Å². The summed E-state index contributed by atoms with van der Waals surface area (Å²) in [5.41, 5.74) is 1.98. The molecule has 2 unspecified atom stereocenters. The second-order valence-corrected chi connectivity index (χ2v) is 8.60. The van der Waals surface area contributed by atoms with Gasteiger partial charge in [-0.25, -0.2) is 4.79 Å². The highest BCUT2D eigenvalue weighted by molar-refractivity contribution is 5.76. The number of hydrogen-bond donors (Lipinski definition) is 0. The molecule has 1 aromatic rings. The van der Waals surface area contributed by atoms with Crippen LogP contribution in [0.2, 0.25) is 0 Å². The van der Waals surface area contributed by atoms with E-state index in [0.29, 0.717) is 0 Å². The van der Waals surface area contributed by atoms with Gasteiger partial charge in [0.25, 0.3) is 0 Å². The second kappa shape index (κ2) is 7.34. The lowest BCUT2D eigenvalue weighted by molar-refractivity contribution is 0.0000815. The maximum absolute atomic E-state index is 12.7. The summed E-state index contributed by atoms with van der Waals surface area (Å²) in [6.07, 6.45) is 6.23. The summed E-state index contributed by atoms with van der Waals surface area (Å²) in [6.45, 7) is 9.86. The quantitative estimate of drug-likeness (QED) is 0.725. The first-order chi connectivity index (χ1) is 12.2. The Hall–Kier alpha value is -1.97. The Bertz CT molecular complexity index is 687. The summed E-state index contributed by atoms with van der Waals surface area (Å²) >= 11 is 0. The van der Waals surface area contributed by atoms with Gasteiger partial charge in [0.1, 0.15) is 11.4 Å². The van der Waals surface area contributed by atoms with Crippen molar-refractivity contribution in [2.24, 2.45) is 0 Å². The lowest BCUT2D eigenvalue weighted by Gasteiger charge is -2.45. The van der Waals surface area contributed by atoms with Gasteiger partial charge in [0.2, 0.25) is 0 Å². The minimum absolute atomic E-state index is 0.111. The number of rotatable bonds is 3. The number of fused-ring (bicyclic) bond motifs is 2. The lowest BCUT2D eigenvalue weighted by Crippen LogP contribution is -2.53. The SMILES string of the molecule is CC(C)Oc1ccccc1C1=CC2CCCC(C1)N2C(=O)OC(C)(C)C. The topological polar surface area (TPSA) is 38.8 Å². The van der Waals surface area contributed by atoms with Crippen molar-refractivity contribution >= 4 is 11.7 Å². The maximum atomic E-state index is 12.7. The first kappa shape index (κ1) is 18.8. The predicted molar refractivity (Wildman–Crippen MR) is 104 cm³/mol. The highest BCUT2D eigenvalue weighted by Crippen LogP contribution is 2.40. The third kappa shape index (κ3) is 4.22. The molecular formula is C22H31NO3. The summed E-state index contributed by atoms with van der Waals surface area (Å²) in [4.78, 5) is 14.7. The van der Waals surface area contributed by atoms with Crippen LogP contribution in [0.25, 0.3) is 5.57 Å². The van der Waals surface area contributed by atoms with E-state index in [2.05, 4.69) is 18.2 Å². The molecule has 2 bridgehead atoms. The fraction of sp³-hybridized carbons (Fsp3) is 0.591. The second-order valence-electron chi connectivity index (χ2n) is 8.60. The van der Waals surface area contributed by atoms with Gasteiger partial charge in [-0.05, 0) is 71.9 Å². The number of carbonyl (C=O) groups is 1. The zero-order chi connectivity index (χ0) is 18.9. The van der Waals surface area contributed by atoms with Crippen LogP contribution in [0.5, 0.6) is 5.75 Å². The van der Waals surface area contributed by atoms with Crippen molar-refractivity contribution in [3.05, 3.63) is 35.9 Å². The standard InChI is InChI=1S/C22H31NO3/c1-15(2)25-20-12-7-6-11-19(20)16-13-17-9-8-10-18(14-16)23(17)21(24)26-22(3,4)5/h6-7,11-13,15,17-18H,8-10,14H2,1-5H3. The number of piperidine rings is 1. The van der Waals surface area contributed by atoms with Crippen LogP contribution in [0.1, 0.15) is 65.9 Å². The Labute approximate surface area is 157 Å². The van der Waals surface area contributed by atoms with Crippen molar-refractivity contribution in [1.29, 1.82) is 0 Å². The molecule has 4 nitrogen and oxygen atoms in total. The van der Waals surface area contributed by atoms with Gasteiger partial charge < -0.3 is 9.47 Å². The number of hydrogen-bond acceptors (Lipinski definition) is 3. The summed E-state index contributed by atoms with van der Waals surface area (Å²) in [5.74, 6) is 0.928.